The van der Waals surface area contributed by atoms with Crippen LogP contribution < -0.4 is 0 Å². The lowest BCUT2D eigenvalue weighted by molar-refractivity contribution is -0.127. The molecule has 3 nitrogen and oxygen atoms in total. The minimum absolute atomic E-state index is 0.00169. The predicted molar refractivity (Wildman–Crippen MR) is 76.5 cm³/mol. The number of thioether (sulfide) groups is 1. The van der Waals surface area contributed by atoms with Gasteiger partial charge in [0.05, 0.1) is 11.9 Å². The molecule has 1 amide bonds. The number of hydrogen-bond acceptors (Lipinski definition) is 3. The third-order valence-electron chi connectivity index (χ3n) is 2.91. The third-order valence-corrected chi connectivity index (χ3v) is 4.24. The highest BCUT2D eigenvalue weighted by Gasteiger charge is 2.14. The molecule has 106 valence electrons. The molecule has 0 heterocycles. The van der Waals surface area contributed by atoms with Crippen molar-refractivity contribution in [2.24, 2.45) is 0 Å². The number of benzene rings is 1. The maximum atomic E-state index is 12.8. The van der Waals surface area contributed by atoms with Gasteiger partial charge in [-0.2, -0.15) is 0 Å². The first-order chi connectivity index (χ1) is 8.90. The summed E-state index contributed by atoms with van der Waals surface area (Å²) in [6.07, 6.45) is -0.430. The molecular weight excluding hydrogens is 265 g/mol. The first-order valence-electron chi connectivity index (χ1n) is 6.18. The van der Waals surface area contributed by atoms with E-state index in [1.54, 1.807) is 31.0 Å². The zero-order chi connectivity index (χ0) is 14.4. The van der Waals surface area contributed by atoms with Crippen LogP contribution in [-0.2, 0) is 11.3 Å². The van der Waals surface area contributed by atoms with Crippen molar-refractivity contribution in [3.63, 3.8) is 0 Å². The van der Waals surface area contributed by atoms with Gasteiger partial charge in [-0.25, -0.2) is 4.39 Å². The zero-order valence-electron chi connectivity index (χ0n) is 11.5. The monoisotopic (exact) mass is 285 g/mol. The van der Waals surface area contributed by atoms with Crippen molar-refractivity contribution in [2.75, 3.05) is 12.8 Å². The molecule has 0 aliphatic rings. The minimum atomic E-state index is -0.430. The largest absolute Gasteiger partial charge is 0.392 e. The summed E-state index contributed by atoms with van der Waals surface area (Å²) in [5, 5.41) is 9.38. The number of aliphatic hydroxyl groups excluding tert-OH is 1. The van der Waals surface area contributed by atoms with E-state index < -0.39 is 6.10 Å². The van der Waals surface area contributed by atoms with E-state index in [9.17, 15) is 14.3 Å². The van der Waals surface area contributed by atoms with E-state index in [1.165, 1.54) is 23.9 Å². The maximum Gasteiger partial charge on any atom is 0.232 e. The summed E-state index contributed by atoms with van der Waals surface area (Å²) in [6, 6.07) is 6.12. The predicted octanol–water partition coefficient (Wildman–Crippen LogP) is 2.29. The van der Waals surface area contributed by atoms with E-state index in [2.05, 4.69) is 0 Å². The fourth-order valence-corrected chi connectivity index (χ4v) is 2.31. The first kappa shape index (κ1) is 16.0. The van der Waals surface area contributed by atoms with Crippen LogP contribution in [0.15, 0.2) is 24.3 Å². The van der Waals surface area contributed by atoms with Gasteiger partial charge in [0, 0.05) is 18.8 Å². The van der Waals surface area contributed by atoms with Crippen LogP contribution in [0.4, 0.5) is 4.39 Å². The SMILES string of the molecule is CC(O)C(C)SCC(=O)N(C)Cc1ccc(F)cc1. The van der Waals surface area contributed by atoms with Crippen LogP contribution in [0.2, 0.25) is 0 Å². The van der Waals surface area contributed by atoms with E-state index >= 15 is 0 Å². The Hall–Kier alpha value is -1.07. The molecule has 0 bridgehead atoms. The molecule has 0 spiro atoms. The Kier molecular flexibility index (Phi) is 6.31. The first-order valence-corrected chi connectivity index (χ1v) is 7.23. The van der Waals surface area contributed by atoms with E-state index in [0.29, 0.717) is 12.3 Å². The highest BCUT2D eigenvalue weighted by atomic mass is 32.2. The number of amides is 1. The molecular formula is C14H20FNO2S. The topological polar surface area (TPSA) is 40.5 Å². The molecule has 0 saturated carbocycles. The van der Waals surface area contributed by atoms with Gasteiger partial charge in [-0.1, -0.05) is 19.1 Å². The van der Waals surface area contributed by atoms with Crippen LogP contribution in [0, 0.1) is 5.82 Å². The van der Waals surface area contributed by atoms with Gasteiger partial charge < -0.3 is 10.0 Å². The van der Waals surface area contributed by atoms with E-state index in [1.807, 2.05) is 6.92 Å². The van der Waals surface area contributed by atoms with Gasteiger partial charge in [0.15, 0.2) is 0 Å². The van der Waals surface area contributed by atoms with E-state index in [4.69, 9.17) is 0 Å². The van der Waals surface area contributed by atoms with Crippen LogP contribution in [0.5, 0.6) is 0 Å². The van der Waals surface area contributed by atoms with Crippen LogP contribution in [0.1, 0.15) is 19.4 Å². The zero-order valence-corrected chi connectivity index (χ0v) is 12.3. The van der Waals surface area contributed by atoms with Gasteiger partial charge in [0.25, 0.3) is 0 Å². The number of rotatable bonds is 6. The standard InChI is InChI=1S/C14H20FNO2S/c1-10(17)11(2)19-9-14(18)16(3)8-12-4-6-13(15)7-5-12/h4-7,10-11,17H,8-9H2,1-3H3. The van der Waals surface area contributed by atoms with Gasteiger partial charge in [0.2, 0.25) is 5.91 Å². The average molecular weight is 285 g/mol. The fraction of sp³-hybridized carbons (Fsp3) is 0.500. The Labute approximate surface area is 117 Å². The van der Waals surface area contributed by atoms with Crippen LogP contribution in [0.25, 0.3) is 0 Å². The maximum absolute atomic E-state index is 12.8. The van der Waals surface area contributed by atoms with Gasteiger partial charge in [-0.15, -0.1) is 11.8 Å². The molecule has 19 heavy (non-hydrogen) atoms. The Morgan fingerprint density at radius 2 is 1.95 bits per heavy atom. The van der Waals surface area contributed by atoms with Crippen molar-refractivity contribution < 1.29 is 14.3 Å². The fourth-order valence-electron chi connectivity index (χ4n) is 1.40. The Morgan fingerprint density at radius 3 is 2.47 bits per heavy atom. The second kappa shape index (κ2) is 7.50. The van der Waals surface area contributed by atoms with Crippen molar-refractivity contribution >= 4 is 17.7 Å². The van der Waals surface area contributed by atoms with E-state index in [0.717, 1.165) is 5.56 Å². The molecule has 1 N–H and O–H groups in total. The molecule has 1 rings (SSSR count). The average Bonchev–Trinajstić information content (AvgIpc) is 2.37. The molecule has 0 aliphatic heterocycles. The Balaban J connectivity index is 2.42. The Bertz CT molecular complexity index is 408. The lowest BCUT2D eigenvalue weighted by Gasteiger charge is -2.19. The van der Waals surface area contributed by atoms with Crippen molar-refractivity contribution in [2.45, 2.75) is 31.7 Å². The molecule has 0 aliphatic carbocycles. The molecule has 0 saturated heterocycles. The third kappa shape index (κ3) is 5.61. The van der Waals surface area contributed by atoms with Crippen molar-refractivity contribution in [1.82, 2.24) is 4.90 Å². The number of hydrogen-bond donors (Lipinski definition) is 1. The Morgan fingerprint density at radius 1 is 1.37 bits per heavy atom. The molecule has 2 atom stereocenters. The molecule has 1 aromatic rings. The summed E-state index contributed by atoms with van der Waals surface area (Å²) in [6.45, 7) is 4.07. The second-order valence-electron chi connectivity index (χ2n) is 4.63. The van der Waals surface area contributed by atoms with Gasteiger partial charge in [-0.3, -0.25) is 4.79 Å². The molecule has 0 fully saturated rings. The summed E-state index contributed by atoms with van der Waals surface area (Å²) in [5.74, 6) is 0.0601. The van der Waals surface area contributed by atoms with Crippen LogP contribution in [-0.4, -0.2) is 40.1 Å². The van der Waals surface area contributed by atoms with Gasteiger partial charge >= 0.3 is 0 Å². The smallest absolute Gasteiger partial charge is 0.232 e. The van der Waals surface area contributed by atoms with Crippen molar-refractivity contribution in [3.8, 4) is 0 Å². The molecule has 5 heteroatoms. The van der Waals surface area contributed by atoms with Crippen LogP contribution in [0.3, 0.4) is 0 Å². The number of aliphatic hydroxyl groups is 1. The summed E-state index contributed by atoms with van der Waals surface area (Å²) in [5.41, 5.74) is 0.894. The molecule has 0 radical (unpaired) electrons. The van der Waals surface area contributed by atoms with Crippen molar-refractivity contribution in [1.29, 1.82) is 0 Å². The molecule has 1 aromatic carbocycles. The summed E-state index contributed by atoms with van der Waals surface area (Å²) in [4.78, 5) is 13.5. The number of carbonyl (C=O) groups is 1. The van der Waals surface area contributed by atoms with Crippen LogP contribution >= 0.6 is 11.8 Å². The summed E-state index contributed by atoms with van der Waals surface area (Å²) in [7, 11) is 1.72. The number of halogens is 1. The minimum Gasteiger partial charge on any atom is -0.392 e. The quantitative estimate of drug-likeness (QED) is 0.872. The lowest BCUT2D eigenvalue weighted by atomic mass is 10.2. The van der Waals surface area contributed by atoms with E-state index in [-0.39, 0.29) is 17.0 Å². The van der Waals surface area contributed by atoms with Crippen molar-refractivity contribution in [3.05, 3.63) is 35.6 Å². The molecule has 2 unspecified atom stereocenters. The lowest BCUT2D eigenvalue weighted by Crippen LogP contribution is -2.29. The van der Waals surface area contributed by atoms with Gasteiger partial charge in [0.1, 0.15) is 5.82 Å². The number of carbonyl (C=O) groups excluding carboxylic acids is 1. The highest BCUT2D eigenvalue weighted by molar-refractivity contribution is 8.00. The highest BCUT2D eigenvalue weighted by Crippen LogP contribution is 2.15. The summed E-state index contributed by atoms with van der Waals surface area (Å²) >= 11 is 1.43. The van der Waals surface area contributed by atoms with Gasteiger partial charge in [-0.05, 0) is 24.6 Å². The summed E-state index contributed by atoms with van der Waals surface area (Å²) < 4.78 is 12.8. The normalized spacial score (nSPS) is 13.9. The second-order valence-corrected chi connectivity index (χ2v) is 6.00. The molecule has 0 aromatic heterocycles. The number of nitrogens with zero attached hydrogens (tertiary/aromatic N) is 1.